The Balaban J connectivity index is 1.83. The fourth-order valence-corrected chi connectivity index (χ4v) is 3.81. The van der Waals surface area contributed by atoms with E-state index in [9.17, 15) is 15.2 Å². The number of methoxy groups -OCH3 is 1. The molecule has 1 N–H and O–H groups in total. The van der Waals surface area contributed by atoms with Gasteiger partial charge in [0.15, 0.2) is 0 Å². The summed E-state index contributed by atoms with van der Waals surface area (Å²) in [4.78, 5) is 10.4. The number of nitrogens with zero attached hydrogens (tertiary/aromatic N) is 1. The first-order valence-corrected chi connectivity index (χ1v) is 8.86. The molecule has 6 nitrogen and oxygen atoms in total. The van der Waals surface area contributed by atoms with E-state index in [1.165, 1.54) is 23.5 Å². The zero-order valence-corrected chi connectivity index (χ0v) is 15.0. The summed E-state index contributed by atoms with van der Waals surface area (Å²) < 4.78 is 12.0. The van der Waals surface area contributed by atoms with Crippen molar-refractivity contribution in [2.24, 2.45) is 0 Å². The number of non-ortho nitro benzene ring substituents is 1. The maximum Gasteiger partial charge on any atom is 0.418 e. The molecule has 0 aliphatic rings. The zero-order chi connectivity index (χ0) is 19.0. The Morgan fingerprint density at radius 1 is 1.04 bits per heavy atom. The molecule has 0 saturated carbocycles. The van der Waals surface area contributed by atoms with Gasteiger partial charge in [-0.25, -0.2) is 0 Å². The quantitative estimate of drug-likeness (QED) is 0.278. The molecule has 0 fully saturated rings. The summed E-state index contributed by atoms with van der Waals surface area (Å²) in [6.45, 7) is 0. The molecule has 0 aliphatic carbocycles. The van der Waals surface area contributed by atoms with Gasteiger partial charge in [0.2, 0.25) is 0 Å². The van der Waals surface area contributed by atoms with Gasteiger partial charge in [-0.1, -0.05) is 0 Å². The molecule has 0 bridgehead atoms. The summed E-state index contributed by atoms with van der Waals surface area (Å²) in [6, 6.07) is 16.9. The average Bonchev–Trinajstić information content (AvgIpc) is 3.11. The van der Waals surface area contributed by atoms with E-state index in [1.54, 1.807) is 31.4 Å². The number of phenols is 1. The Kier molecular flexibility index (Phi) is 4.21. The van der Waals surface area contributed by atoms with Crippen molar-refractivity contribution in [3.8, 4) is 33.3 Å². The van der Waals surface area contributed by atoms with E-state index < -0.39 is 4.92 Å². The van der Waals surface area contributed by atoms with Crippen LogP contribution in [0.3, 0.4) is 0 Å². The van der Waals surface area contributed by atoms with Gasteiger partial charge < -0.3 is 9.84 Å². The van der Waals surface area contributed by atoms with Crippen molar-refractivity contribution in [3.63, 3.8) is 0 Å². The topological polar surface area (TPSA) is 83.9 Å². The van der Waals surface area contributed by atoms with Crippen molar-refractivity contribution < 1.29 is 19.2 Å². The van der Waals surface area contributed by atoms with Crippen LogP contribution in [0.2, 0.25) is 0 Å². The van der Waals surface area contributed by atoms with Crippen molar-refractivity contribution in [2.75, 3.05) is 7.11 Å². The molecule has 0 aliphatic heterocycles. The van der Waals surface area contributed by atoms with Crippen molar-refractivity contribution in [3.05, 3.63) is 70.8 Å². The van der Waals surface area contributed by atoms with E-state index in [2.05, 4.69) is 0 Å². The Morgan fingerprint density at radius 2 is 1.70 bits per heavy atom. The summed E-state index contributed by atoms with van der Waals surface area (Å²) in [5.41, 5.74) is 2.93. The average molecular weight is 380 g/mol. The van der Waals surface area contributed by atoms with E-state index in [4.69, 9.17) is 9.15 Å². The van der Waals surface area contributed by atoms with E-state index in [-0.39, 0.29) is 11.4 Å². The Hall–Kier alpha value is -3.45. The lowest BCUT2D eigenvalue weighted by Gasteiger charge is -1.99. The fourth-order valence-electron chi connectivity index (χ4n) is 2.80. The largest absolute Gasteiger partial charge is 0.508 e. The van der Waals surface area contributed by atoms with Crippen molar-refractivity contribution in [1.82, 2.24) is 0 Å². The molecule has 7 heteroatoms. The maximum atomic E-state index is 10.9. The molecular weight excluding hydrogens is 366 g/mol. The molecule has 0 unspecified atom stereocenters. The SMILES string of the molecule is COc1ccc(-c2[o+]c3c(-c4ccc([N+](=O)[O-])cc4)cc(O)cc3s2)cc1. The number of ether oxygens (including phenoxy) is 1. The van der Waals surface area contributed by atoms with Crippen molar-refractivity contribution in [2.45, 2.75) is 0 Å². The van der Waals surface area contributed by atoms with Gasteiger partial charge in [0.05, 0.1) is 23.2 Å². The highest BCUT2D eigenvalue weighted by molar-refractivity contribution is 7.21. The molecule has 1 aromatic heterocycles. The molecule has 0 radical (unpaired) electrons. The smallest absolute Gasteiger partial charge is 0.418 e. The lowest BCUT2D eigenvalue weighted by molar-refractivity contribution is -0.384. The maximum absolute atomic E-state index is 10.9. The molecule has 3 aromatic carbocycles. The summed E-state index contributed by atoms with van der Waals surface area (Å²) in [5, 5.41) is 21.7. The second-order valence-electron chi connectivity index (χ2n) is 5.84. The third-order valence-corrected chi connectivity index (χ3v) is 5.18. The normalized spacial score (nSPS) is 10.9. The Morgan fingerprint density at radius 3 is 2.33 bits per heavy atom. The molecule has 0 amide bonds. The first kappa shape index (κ1) is 17.0. The van der Waals surface area contributed by atoms with Crippen LogP contribution in [0.25, 0.3) is 32.0 Å². The second kappa shape index (κ2) is 6.69. The lowest BCUT2D eigenvalue weighted by Crippen LogP contribution is -1.87. The first-order chi connectivity index (χ1) is 13.0. The van der Waals surface area contributed by atoms with Crippen LogP contribution in [0.4, 0.5) is 5.69 Å². The van der Waals surface area contributed by atoms with Crippen LogP contribution in [-0.2, 0) is 0 Å². The van der Waals surface area contributed by atoms with Crippen LogP contribution in [0.1, 0.15) is 0 Å². The molecule has 27 heavy (non-hydrogen) atoms. The molecule has 4 aromatic rings. The van der Waals surface area contributed by atoms with Gasteiger partial charge >= 0.3 is 10.7 Å². The zero-order valence-electron chi connectivity index (χ0n) is 14.2. The molecule has 0 saturated heterocycles. The molecule has 1 heterocycles. The van der Waals surface area contributed by atoms with Gasteiger partial charge in [0.25, 0.3) is 5.69 Å². The summed E-state index contributed by atoms with van der Waals surface area (Å²) in [7, 11) is 1.61. The van der Waals surface area contributed by atoms with Gasteiger partial charge in [-0.15, -0.1) is 0 Å². The third kappa shape index (κ3) is 3.20. The summed E-state index contributed by atoms with van der Waals surface area (Å²) in [6.07, 6.45) is 0. The molecule has 0 atom stereocenters. The predicted octanol–water partition coefficient (Wildman–Crippen LogP) is 5.73. The molecular formula is C20H14NO5S+. The Bertz CT molecular complexity index is 1130. The minimum atomic E-state index is -0.446. The van der Waals surface area contributed by atoms with Crippen LogP contribution in [0.5, 0.6) is 11.5 Å². The summed E-state index contributed by atoms with van der Waals surface area (Å²) in [5.74, 6) is 0.859. The van der Waals surface area contributed by atoms with Gasteiger partial charge in [0.1, 0.15) is 16.2 Å². The summed E-state index contributed by atoms with van der Waals surface area (Å²) >= 11 is 1.42. The lowest BCUT2D eigenvalue weighted by atomic mass is 10.0. The van der Waals surface area contributed by atoms with Gasteiger partial charge in [-0.3, -0.25) is 10.1 Å². The van der Waals surface area contributed by atoms with E-state index in [1.807, 2.05) is 24.3 Å². The number of aromatic hydroxyl groups is 1. The van der Waals surface area contributed by atoms with Crippen LogP contribution in [0.15, 0.2) is 65.1 Å². The van der Waals surface area contributed by atoms with E-state index in [0.29, 0.717) is 16.2 Å². The van der Waals surface area contributed by atoms with Crippen molar-refractivity contribution in [1.29, 1.82) is 0 Å². The standard InChI is InChI=1S/C20H13NO5S/c1-25-16-8-4-13(5-9-16)20-26-19-17(10-15(22)11-18(19)27-20)12-2-6-14(7-3-12)21(23)24/h2-11H,1H3/p+1. The number of benzene rings is 3. The minimum Gasteiger partial charge on any atom is -0.508 e. The van der Waals surface area contributed by atoms with Crippen molar-refractivity contribution >= 4 is 27.3 Å². The number of fused-ring (bicyclic) bond motifs is 1. The van der Waals surface area contributed by atoms with E-state index >= 15 is 0 Å². The number of nitro groups is 1. The van der Waals surface area contributed by atoms with Crippen LogP contribution < -0.4 is 4.74 Å². The highest BCUT2D eigenvalue weighted by atomic mass is 32.1. The Labute approximate surface area is 158 Å². The van der Waals surface area contributed by atoms with Crippen LogP contribution in [-0.4, -0.2) is 17.1 Å². The van der Waals surface area contributed by atoms with Gasteiger partial charge in [0, 0.05) is 18.2 Å². The van der Waals surface area contributed by atoms with Gasteiger partial charge in [-0.2, -0.15) is 4.42 Å². The highest BCUT2D eigenvalue weighted by Gasteiger charge is 2.25. The third-order valence-electron chi connectivity index (χ3n) is 4.15. The minimum absolute atomic E-state index is 0.0105. The number of hydrogen-bond acceptors (Lipinski definition) is 5. The molecule has 134 valence electrons. The second-order valence-corrected chi connectivity index (χ2v) is 6.86. The molecule has 4 rings (SSSR count). The number of phenolic OH excluding ortho intramolecular Hbond substituents is 1. The fraction of sp³-hybridized carbons (Fsp3) is 0.0500. The number of hydrogen-bond donors (Lipinski definition) is 1. The number of rotatable bonds is 4. The van der Waals surface area contributed by atoms with Crippen LogP contribution in [0, 0.1) is 10.1 Å². The molecule has 0 spiro atoms. The van der Waals surface area contributed by atoms with Gasteiger partial charge in [-0.05, 0) is 59.4 Å². The predicted molar refractivity (Wildman–Crippen MR) is 104 cm³/mol. The van der Waals surface area contributed by atoms with Crippen LogP contribution >= 0.6 is 11.3 Å². The van der Waals surface area contributed by atoms with E-state index in [0.717, 1.165) is 21.6 Å². The first-order valence-electron chi connectivity index (χ1n) is 8.04. The monoisotopic (exact) mass is 380 g/mol. The number of nitro benzene ring substituents is 1. The highest BCUT2D eigenvalue weighted by Crippen LogP contribution is 2.41.